The molecule has 0 aliphatic carbocycles. The predicted octanol–water partition coefficient (Wildman–Crippen LogP) is 4.88. The quantitative estimate of drug-likeness (QED) is 0.276. The van der Waals surface area contributed by atoms with E-state index in [-0.39, 0.29) is 23.2 Å². The SMILES string of the molecule is COCOc1c(C(C)(C)C)cc(/C=[N+](\O)C(C)(C)C)cc1C(C)(C)C. The molecule has 0 spiro atoms. The summed E-state index contributed by atoms with van der Waals surface area (Å²) < 4.78 is 12.4. The topological polar surface area (TPSA) is 41.7 Å². The fraction of sp³-hybridized carbons (Fsp3) is 0.667. The molecule has 0 atom stereocenters. The summed E-state index contributed by atoms with van der Waals surface area (Å²) in [4.78, 5) is 0. The Morgan fingerprint density at radius 3 is 1.68 bits per heavy atom. The van der Waals surface area contributed by atoms with Gasteiger partial charge in [0.05, 0.1) is 0 Å². The van der Waals surface area contributed by atoms with Crippen molar-refractivity contribution in [1.82, 2.24) is 0 Å². The second-order valence-corrected chi connectivity index (χ2v) is 9.64. The van der Waals surface area contributed by atoms with E-state index in [0.717, 1.165) is 22.4 Å². The van der Waals surface area contributed by atoms with Crippen LogP contribution in [-0.4, -0.2) is 35.6 Å². The van der Waals surface area contributed by atoms with Crippen LogP contribution in [0, 0.1) is 0 Å². The molecule has 0 radical (unpaired) electrons. The average molecular weight is 351 g/mol. The Hall–Kier alpha value is -1.55. The number of rotatable bonds is 4. The lowest BCUT2D eigenvalue weighted by molar-refractivity contribution is -0.816. The van der Waals surface area contributed by atoms with Gasteiger partial charge < -0.3 is 9.47 Å². The highest BCUT2D eigenvalue weighted by atomic mass is 16.7. The van der Waals surface area contributed by atoms with Crippen molar-refractivity contribution < 1.29 is 19.4 Å². The van der Waals surface area contributed by atoms with Crippen molar-refractivity contribution in [2.75, 3.05) is 13.9 Å². The van der Waals surface area contributed by atoms with Gasteiger partial charge in [-0.25, -0.2) is 0 Å². The number of hydrogen-bond acceptors (Lipinski definition) is 3. The zero-order chi connectivity index (χ0) is 19.6. The maximum atomic E-state index is 10.4. The van der Waals surface area contributed by atoms with E-state index in [1.54, 1.807) is 13.3 Å². The molecule has 0 saturated carbocycles. The summed E-state index contributed by atoms with van der Waals surface area (Å²) in [5.41, 5.74) is 2.59. The lowest BCUT2D eigenvalue weighted by Gasteiger charge is -2.30. The van der Waals surface area contributed by atoms with Crippen molar-refractivity contribution in [3.05, 3.63) is 28.8 Å². The van der Waals surface area contributed by atoms with Gasteiger partial charge in [-0.2, -0.15) is 0 Å². The van der Waals surface area contributed by atoms with Crippen LogP contribution >= 0.6 is 0 Å². The first-order valence-corrected chi connectivity index (χ1v) is 8.81. The minimum atomic E-state index is -0.366. The molecular weight excluding hydrogens is 314 g/mol. The van der Waals surface area contributed by atoms with Crippen molar-refractivity contribution in [2.45, 2.75) is 78.7 Å². The molecule has 0 unspecified atom stereocenters. The van der Waals surface area contributed by atoms with E-state index >= 15 is 0 Å². The van der Waals surface area contributed by atoms with Gasteiger partial charge in [0.2, 0.25) is 11.8 Å². The zero-order valence-electron chi connectivity index (χ0n) is 17.7. The highest BCUT2D eigenvalue weighted by Gasteiger charge is 2.29. The van der Waals surface area contributed by atoms with Gasteiger partial charge >= 0.3 is 0 Å². The highest BCUT2D eigenvalue weighted by Crippen LogP contribution is 2.40. The first kappa shape index (κ1) is 21.5. The maximum Gasteiger partial charge on any atom is 0.223 e. The summed E-state index contributed by atoms with van der Waals surface area (Å²) in [7, 11) is 1.63. The Labute approximate surface area is 153 Å². The Kier molecular flexibility index (Phi) is 6.33. The molecule has 0 bridgehead atoms. The third-order valence-corrected chi connectivity index (χ3v) is 4.01. The van der Waals surface area contributed by atoms with Crippen molar-refractivity contribution in [3.8, 4) is 5.75 Å². The molecule has 0 amide bonds. The van der Waals surface area contributed by atoms with Gasteiger partial charge in [0.25, 0.3) is 0 Å². The van der Waals surface area contributed by atoms with Gasteiger partial charge in [-0.15, -0.1) is 0 Å². The van der Waals surface area contributed by atoms with Gasteiger partial charge in [-0.1, -0.05) is 41.5 Å². The summed E-state index contributed by atoms with van der Waals surface area (Å²) in [5, 5.41) is 10.4. The second kappa shape index (κ2) is 7.36. The standard InChI is InChI=1S/C21H36NO3/c1-19(2,3)16-11-15(13-22(23)21(7,8)9)12-17(20(4,5)6)18(16)25-14-24-10/h11-13,23H,14H2,1-10H3/q+1/b22-13-. The summed E-state index contributed by atoms with van der Waals surface area (Å²) in [6.07, 6.45) is 1.78. The number of methoxy groups -OCH3 is 1. The number of ether oxygens (including phenoxy) is 2. The van der Waals surface area contributed by atoms with E-state index in [1.165, 1.54) is 4.74 Å². The van der Waals surface area contributed by atoms with E-state index in [0.29, 0.717) is 0 Å². The van der Waals surface area contributed by atoms with E-state index in [2.05, 4.69) is 53.7 Å². The molecule has 4 nitrogen and oxygen atoms in total. The Morgan fingerprint density at radius 1 is 0.920 bits per heavy atom. The first-order chi connectivity index (χ1) is 11.2. The van der Waals surface area contributed by atoms with E-state index in [4.69, 9.17) is 9.47 Å². The van der Waals surface area contributed by atoms with Crippen LogP contribution in [0.2, 0.25) is 0 Å². The normalized spacial score (nSPS) is 13.9. The lowest BCUT2D eigenvalue weighted by Crippen LogP contribution is -2.31. The van der Waals surface area contributed by atoms with Gasteiger partial charge in [0.15, 0.2) is 6.79 Å². The third-order valence-electron chi connectivity index (χ3n) is 4.01. The molecule has 0 saturated heterocycles. The molecule has 1 N–H and O–H groups in total. The average Bonchev–Trinajstić information content (AvgIpc) is 2.42. The maximum absolute atomic E-state index is 10.4. The summed E-state index contributed by atoms with van der Waals surface area (Å²) in [6, 6.07) is 4.18. The largest absolute Gasteiger partial charge is 0.467 e. The van der Waals surface area contributed by atoms with Crippen LogP contribution in [0.3, 0.4) is 0 Å². The van der Waals surface area contributed by atoms with Crippen molar-refractivity contribution in [3.63, 3.8) is 0 Å². The molecule has 1 aromatic carbocycles. The van der Waals surface area contributed by atoms with Crippen LogP contribution in [0.4, 0.5) is 0 Å². The first-order valence-electron chi connectivity index (χ1n) is 8.81. The van der Waals surface area contributed by atoms with E-state index in [1.807, 2.05) is 20.8 Å². The molecule has 0 aliphatic heterocycles. The highest BCUT2D eigenvalue weighted by molar-refractivity contribution is 5.78. The third kappa shape index (κ3) is 5.74. The molecule has 0 heterocycles. The molecule has 0 aromatic heterocycles. The minimum Gasteiger partial charge on any atom is -0.467 e. The zero-order valence-corrected chi connectivity index (χ0v) is 17.7. The predicted molar refractivity (Wildman–Crippen MR) is 103 cm³/mol. The fourth-order valence-corrected chi connectivity index (χ4v) is 2.45. The van der Waals surface area contributed by atoms with Crippen LogP contribution in [0.15, 0.2) is 12.1 Å². The van der Waals surface area contributed by atoms with E-state index < -0.39 is 0 Å². The second-order valence-electron chi connectivity index (χ2n) is 9.64. The van der Waals surface area contributed by atoms with Crippen molar-refractivity contribution >= 4 is 6.21 Å². The van der Waals surface area contributed by atoms with Crippen LogP contribution < -0.4 is 4.74 Å². The van der Waals surface area contributed by atoms with Crippen LogP contribution in [0.5, 0.6) is 5.75 Å². The molecule has 0 fully saturated rings. The lowest BCUT2D eigenvalue weighted by atomic mass is 9.78. The monoisotopic (exact) mass is 350 g/mol. The Morgan fingerprint density at radius 2 is 1.36 bits per heavy atom. The molecule has 0 aliphatic rings. The van der Waals surface area contributed by atoms with Crippen LogP contribution in [-0.2, 0) is 15.6 Å². The van der Waals surface area contributed by atoms with Gasteiger partial charge in [-0.05, 0) is 27.7 Å². The number of nitrogens with zero attached hydrogens (tertiary/aromatic N) is 1. The number of benzene rings is 1. The molecule has 142 valence electrons. The van der Waals surface area contributed by atoms with E-state index in [9.17, 15) is 5.21 Å². The number of hydroxylamine groups is 1. The summed E-state index contributed by atoms with van der Waals surface area (Å²) in [6.45, 7) is 19.1. The smallest absolute Gasteiger partial charge is 0.223 e. The van der Waals surface area contributed by atoms with Crippen LogP contribution in [0.25, 0.3) is 0 Å². The molecule has 1 rings (SSSR count). The molecule has 25 heavy (non-hydrogen) atoms. The van der Waals surface area contributed by atoms with Crippen molar-refractivity contribution in [1.29, 1.82) is 0 Å². The summed E-state index contributed by atoms with van der Waals surface area (Å²) >= 11 is 0. The van der Waals surface area contributed by atoms with Gasteiger partial charge in [-0.3, -0.25) is 5.21 Å². The minimum absolute atomic E-state index is 0.102. The Balaban J connectivity index is 3.70. The van der Waals surface area contributed by atoms with Gasteiger partial charge in [0.1, 0.15) is 5.75 Å². The van der Waals surface area contributed by atoms with Gasteiger partial charge in [0, 0.05) is 44.6 Å². The van der Waals surface area contributed by atoms with Crippen LogP contribution in [0.1, 0.15) is 79.0 Å². The molecular formula is C21H36NO3+. The summed E-state index contributed by atoms with van der Waals surface area (Å²) in [5.74, 6) is 0.874. The van der Waals surface area contributed by atoms with Crippen molar-refractivity contribution in [2.24, 2.45) is 0 Å². The fourth-order valence-electron chi connectivity index (χ4n) is 2.45. The molecule has 4 heteroatoms. The molecule has 1 aromatic rings. The number of hydrogen-bond donors (Lipinski definition) is 1. The Bertz CT molecular complexity index is 591.